The van der Waals surface area contributed by atoms with Gasteiger partial charge in [-0.25, -0.2) is 0 Å². The molecule has 0 aliphatic heterocycles. The predicted molar refractivity (Wildman–Crippen MR) is 62.7 cm³/mol. The molecular weight excluding hydrogens is 174 g/mol. The van der Waals surface area contributed by atoms with Crippen molar-refractivity contribution in [2.24, 2.45) is 0 Å². The van der Waals surface area contributed by atoms with E-state index >= 15 is 0 Å². The first-order chi connectivity index (χ1) is 6.77. The number of hydrogen-bond donors (Lipinski definition) is 1. The van der Waals surface area contributed by atoms with Crippen molar-refractivity contribution in [3.63, 3.8) is 0 Å². The van der Waals surface area contributed by atoms with E-state index in [2.05, 4.69) is 26.1 Å². The summed E-state index contributed by atoms with van der Waals surface area (Å²) in [5.41, 5.74) is 0. The van der Waals surface area contributed by atoms with Crippen molar-refractivity contribution in [3.8, 4) is 0 Å². The number of rotatable bonds is 10. The van der Waals surface area contributed by atoms with Gasteiger partial charge in [0.1, 0.15) is 0 Å². The molecule has 86 valence electrons. The number of unbranched alkanes of at least 4 members (excludes halogenated alkanes) is 4. The Hall–Kier alpha value is -0.0800. The van der Waals surface area contributed by atoms with Gasteiger partial charge in [0, 0.05) is 6.61 Å². The van der Waals surface area contributed by atoms with Gasteiger partial charge in [0.2, 0.25) is 0 Å². The van der Waals surface area contributed by atoms with Crippen LogP contribution in [0, 0.1) is 0 Å². The second-order valence-electron chi connectivity index (χ2n) is 4.04. The minimum atomic E-state index is 0.392. The summed E-state index contributed by atoms with van der Waals surface area (Å²) in [7, 11) is 0. The highest BCUT2D eigenvalue weighted by Gasteiger charge is 1.93. The lowest BCUT2D eigenvalue weighted by Gasteiger charge is -2.06. The second kappa shape index (κ2) is 11.0. The maximum absolute atomic E-state index is 5.47. The van der Waals surface area contributed by atoms with Crippen LogP contribution in [0.2, 0.25) is 0 Å². The monoisotopic (exact) mass is 201 g/mol. The summed E-state index contributed by atoms with van der Waals surface area (Å²) in [5.74, 6) is 0. The third-order valence-corrected chi connectivity index (χ3v) is 2.20. The molecule has 0 amide bonds. The van der Waals surface area contributed by atoms with E-state index in [9.17, 15) is 0 Å². The normalized spacial score (nSPS) is 11.1. The highest BCUT2D eigenvalue weighted by molar-refractivity contribution is 4.48. The molecule has 1 N–H and O–H groups in total. The zero-order valence-corrected chi connectivity index (χ0v) is 10.1. The smallest absolute Gasteiger partial charge is 0.0518 e. The van der Waals surface area contributed by atoms with E-state index in [4.69, 9.17) is 4.74 Å². The third-order valence-electron chi connectivity index (χ3n) is 2.20. The Morgan fingerprint density at radius 1 is 1.00 bits per heavy atom. The minimum Gasteiger partial charge on any atom is -0.379 e. The van der Waals surface area contributed by atoms with Gasteiger partial charge in [-0.1, -0.05) is 26.2 Å². The maximum atomic E-state index is 5.47. The highest BCUT2D eigenvalue weighted by atomic mass is 16.5. The van der Waals surface area contributed by atoms with Crippen LogP contribution in [0.1, 0.15) is 52.9 Å². The van der Waals surface area contributed by atoms with E-state index in [1.165, 1.54) is 38.6 Å². The zero-order chi connectivity index (χ0) is 10.6. The van der Waals surface area contributed by atoms with Crippen LogP contribution in [-0.2, 0) is 4.74 Å². The Bertz CT molecular complexity index is 104. The first-order valence-corrected chi connectivity index (χ1v) is 6.09. The van der Waals surface area contributed by atoms with Crippen LogP contribution in [0.15, 0.2) is 0 Å². The lowest BCUT2D eigenvalue weighted by Crippen LogP contribution is -2.13. The van der Waals surface area contributed by atoms with Crippen molar-refractivity contribution in [3.05, 3.63) is 0 Å². The molecule has 0 aliphatic rings. The molecule has 0 aromatic rings. The van der Waals surface area contributed by atoms with Gasteiger partial charge in [-0.05, 0) is 39.8 Å². The van der Waals surface area contributed by atoms with Crippen LogP contribution in [0.25, 0.3) is 0 Å². The molecule has 0 aliphatic carbocycles. The molecule has 0 rings (SSSR count). The van der Waals surface area contributed by atoms with Crippen molar-refractivity contribution < 1.29 is 4.74 Å². The second-order valence-corrected chi connectivity index (χ2v) is 4.04. The van der Waals surface area contributed by atoms with Gasteiger partial charge in [-0.2, -0.15) is 0 Å². The van der Waals surface area contributed by atoms with E-state index in [1.54, 1.807) is 0 Å². The zero-order valence-electron chi connectivity index (χ0n) is 10.1. The van der Waals surface area contributed by atoms with Crippen LogP contribution in [0.5, 0.6) is 0 Å². The fraction of sp³-hybridized carbons (Fsp3) is 1.00. The number of nitrogens with one attached hydrogen (secondary N) is 1. The topological polar surface area (TPSA) is 21.3 Å². The van der Waals surface area contributed by atoms with Gasteiger partial charge in [0.25, 0.3) is 0 Å². The SMILES string of the molecule is CCNCCCCCCCOC(C)C. The molecule has 0 spiro atoms. The maximum Gasteiger partial charge on any atom is 0.0518 e. The van der Waals surface area contributed by atoms with Gasteiger partial charge >= 0.3 is 0 Å². The predicted octanol–water partition coefficient (Wildman–Crippen LogP) is 2.97. The van der Waals surface area contributed by atoms with Crippen molar-refractivity contribution >= 4 is 0 Å². The molecule has 2 nitrogen and oxygen atoms in total. The Kier molecular flexibility index (Phi) is 10.9. The average molecular weight is 201 g/mol. The lowest BCUT2D eigenvalue weighted by atomic mass is 10.1. The third kappa shape index (κ3) is 11.9. The first-order valence-electron chi connectivity index (χ1n) is 6.09. The molecule has 0 atom stereocenters. The van der Waals surface area contributed by atoms with E-state index in [0.29, 0.717) is 6.10 Å². The van der Waals surface area contributed by atoms with Crippen molar-refractivity contribution in [2.75, 3.05) is 19.7 Å². The molecule has 0 saturated carbocycles. The molecule has 0 unspecified atom stereocenters. The summed E-state index contributed by atoms with van der Waals surface area (Å²) >= 11 is 0. The quantitative estimate of drug-likeness (QED) is 0.549. The summed E-state index contributed by atoms with van der Waals surface area (Å²) in [4.78, 5) is 0. The van der Waals surface area contributed by atoms with Gasteiger partial charge in [0.05, 0.1) is 6.10 Å². The first kappa shape index (κ1) is 13.9. The van der Waals surface area contributed by atoms with Crippen molar-refractivity contribution in [1.29, 1.82) is 0 Å². The van der Waals surface area contributed by atoms with E-state index in [1.807, 2.05) is 0 Å². The Labute approximate surface area is 89.4 Å². The van der Waals surface area contributed by atoms with E-state index < -0.39 is 0 Å². The summed E-state index contributed by atoms with van der Waals surface area (Å²) in [6, 6.07) is 0. The molecule has 0 aromatic carbocycles. The fourth-order valence-corrected chi connectivity index (χ4v) is 1.38. The van der Waals surface area contributed by atoms with Crippen LogP contribution >= 0.6 is 0 Å². The number of hydrogen-bond acceptors (Lipinski definition) is 2. The number of ether oxygens (including phenoxy) is 1. The molecule has 0 aromatic heterocycles. The van der Waals surface area contributed by atoms with Crippen molar-refractivity contribution in [1.82, 2.24) is 5.32 Å². The largest absolute Gasteiger partial charge is 0.379 e. The van der Waals surface area contributed by atoms with E-state index in [0.717, 1.165) is 13.2 Å². The molecular formula is C12H27NO. The molecule has 2 heteroatoms. The summed E-state index contributed by atoms with van der Waals surface area (Å²) in [5, 5.41) is 3.34. The summed E-state index contributed by atoms with van der Waals surface area (Å²) < 4.78 is 5.47. The summed E-state index contributed by atoms with van der Waals surface area (Å²) in [6.45, 7) is 9.56. The average Bonchev–Trinajstić information content (AvgIpc) is 2.15. The van der Waals surface area contributed by atoms with Crippen LogP contribution < -0.4 is 5.32 Å². The van der Waals surface area contributed by atoms with Gasteiger partial charge < -0.3 is 10.1 Å². The molecule has 0 radical (unpaired) electrons. The van der Waals surface area contributed by atoms with Crippen LogP contribution in [0.4, 0.5) is 0 Å². The van der Waals surface area contributed by atoms with Gasteiger partial charge in [0.15, 0.2) is 0 Å². The molecule has 0 saturated heterocycles. The lowest BCUT2D eigenvalue weighted by molar-refractivity contribution is 0.0757. The summed E-state index contributed by atoms with van der Waals surface area (Å²) in [6.07, 6.45) is 6.96. The van der Waals surface area contributed by atoms with Crippen molar-refractivity contribution in [2.45, 2.75) is 59.0 Å². The Balaban J connectivity index is 2.85. The molecule has 0 fully saturated rings. The molecule has 0 bridgehead atoms. The highest BCUT2D eigenvalue weighted by Crippen LogP contribution is 2.03. The van der Waals surface area contributed by atoms with Crippen LogP contribution in [-0.4, -0.2) is 25.8 Å². The Morgan fingerprint density at radius 3 is 2.29 bits per heavy atom. The molecule has 0 heterocycles. The van der Waals surface area contributed by atoms with Gasteiger partial charge in [-0.3, -0.25) is 0 Å². The fourth-order valence-electron chi connectivity index (χ4n) is 1.38. The molecule has 14 heavy (non-hydrogen) atoms. The minimum absolute atomic E-state index is 0.392. The Morgan fingerprint density at radius 2 is 1.64 bits per heavy atom. The van der Waals surface area contributed by atoms with Crippen LogP contribution in [0.3, 0.4) is 0 Å². The van der Waals surface area contributed by atoms with E-state index in [-0.39, 0.29) is 0 Å². The standard InChI is InChI=1S/C12H27NO/c1-4-13-10-8-6-5-7-9-11-14-12(2)3/h12-13H,4-11H2,1-3H3. The van der Waals surface area contributed by atoms with Gasteiger partial charge in [-0.15, -0.1) is 0 Å².